The fourth-order valence-electron chi connectivity index (χ4n) is 3.37. The van der Waals surface area contributed by atoms with Gasteiger partial charge in [0, 0.05) is 12.7 Å². The van der Waals surface area contributed by atoms with Crippen LogP contribution in [0.3, 0.4) is 0 Å². The lowest BCUT2D eigenvalue weighted by atomic mass is 9.81. The largest absolute Gasteiger partial charge is 0.379 e. The smallest absolute Gasteiger partial charge is 0.129 e. The van der Waals surface area contributed by atoms with Gasteiger partial charge in [0.1, 0.15) is 11.6 Å². The summed E-state index contributed by atoms with van der Waals surface area (Å²) < 4.78 is 33.2. The molecule has 0 spiro atoms. The van der Waals surface area contributed by atoms with Gasteiger partial charge in [0.05, 0.1) is 12.1 Å². The molecule has 118 valence electrons. The molecule has 2 unspecified atom stereocenters. The fraction of sp³-hybridized carbons (Fsp3) is 0.625. The number of halogens is 2. The van der Waals surface area contributed by atoms with Crippen molar-refractivity contribution in [2.45, 2.75) is 50.7 Å². The highest BCUT2D eigenvalue weighted by molar-refractivity contribution is 5.21. The Morgan fingerprint density at radius 2 is 1.86 bits per heavy atom. The fourth-order valence-corrected chi connectivity index (χ4v) is 3.37. The molecule has 0 aromatic heterocycles. The third-order valence-corrected chi connectivity index (χ3v) is 4.48. The van der Waals surface area contributed by atoms with Gasteiger partial charge in [0.25, 0.3) is 0 Å². The average molecular weight is 298 g/mol. The maximum absolute atomic E-state index is 13.8. The summed E-state index contributed by atoms with van der Waals surface area (Å²) in [6.45, 7) is 0. The molecule has 3 N–H and O–H groups in total. The van der Waals surface area contributed by atoms with Gasteiger partial charge >= 0.3 is 0 Å². The van der Waals surface area contributed by atoms with Crippen molar-refractivity contribution in [3.63, 3.8) is 0 Å². The minimum atomic E-state index is -0.534. The molecule has 0 heterocycles. The number of nitrogens with one attached hydrogen (secondary N) is 1. The topological polar surface area (TPSA) is 47.3 Å². The van der Waals surface area contributed by atoms with Crippen LogP contribution < -0.4 is 11.3 Å². The first-order chi connectivity index (χ1) is 10.2. The predicted octanol–water partition coefficient (Wildman–Crippen LogP) is 2.93. The van der Waals surface area contributed by atoms with Crippen LogP contribution in [0.15, 0.2) is 18.2 Å². The Bertz CT molecular complexity index is 430. The Morgan fingerprint density at radius 1 is 1.24 bits per heavy atom. The van der Waals surface area contributed by atoms with Crippen molar-refractivity contribution in [2.75, 3.05) is 7.11 Å². The summed E-state index contributed by atoms with van der Waals surface area (Å²) in [5.41, 5.74) is 2.76. The van der Waals surface area contributed by atoms with Gasteiger partial charge in [-0.15, -0.1) is 0 Å². The maximum atomic E-state index is 13.8. The molecule has 2 rings (SSSR count). The summed E-state index contributed by atoms with van der Waals surface area (Å²) in [5.74, 6) is 4.95. The van der Waals surface area contributed by atoms with Crippen molar-refractivity contribution >= 4 is 0 Å². The van der Waals surface area contributed by atoms with E-state index in [2.05, 4.69) is 5.43 Å². The van der Waals surface area contributed by atoms with E-state index in [1.807, 2.05) is 0 Å². The molecule has 1 aromatic carbocycles. The third kappa shape index (κ3) is 3.99. The Labute approximate surface area is 124 Å². The van der Waals surface area contributed by atoms with E-state index in [-0.39, 0.29) is 24.1 Å². The SMILES string of the molecule is COC(C1CCCCC1)C(Cc1c(F)cccc1F)NN. The van der Waals surface area contributed by atoms with Gasteiger partial charge in [0.2, 0.25) is 0 Å². The molecule has 0 amide bonds. The minimum absolute atomic E-state index is 0.0679. The second kappa shape index (κ2) is 7.82. The van der Waals surface area contributed by atoms with Crippen LogP contribution in [0.25, 0.3) is 0 Å². The second-order valence-corrected chi connectivity index (χ2v) is 5.78. The van der Waals surface area contributed by atoms with E-state index in [0.717, 1.165) is 12.8 Å². The number of ether oxygens (including phenoxy) is 1. The summed E-state index contributed by atoms with van der Waals surface area (Å²) in [5, 5.41) is 0. The van der Waals surface area contributed by atoms with Crippen molar-refractivity contribution in [1.82, 2.24) is 5.43 Å². The number of hydrogen-bond donors (Lipinski definition) is 2. The van der Waals surface area contributed by atoms with Crippen molar-refractivity contribution < 1.29 is 13.5 Å². The summed E-state index contributed by atoms with van der Waals surface area (Å²) in [7, 11) is 1.64. The molecule has 1 aliphatic carbocycles. The van der Waals surface area contributed by atoms with E-state index >= 15 is 0 Å². The van der Waals surface area contributed by atoms with Crippen molar-refractivity contribution in [2.24, 2.45) is 11.8 Å². The number of rotatable bonds is 6. The molecule has 3 nitrogen and oxygen atoms in total. The van der Waals surface area contributed by atoms with Crippen LogP contribution in [-0.2, 0) is 11.2 Å². The number of nitrogens with two attached hydrogens (primary N) is 1. The molecule has 0 saturated heterocycles. The summed E-state index contributed by atoms with van der Waals surface area (Å²) in [6, 6.07) is 3.61. The van der Waals surface area contributed by atoms with Crippen LogP contribution in [-0.4, -0.2) is 19.3 Å². The molecule has 1 aromatic rings. The van der Waals surface area contributed by atoms with Gasteiger partial charge in [-0.2, -0.15) is 0 Å². The molecule has 0 radical (unpaired) electrons. The predicted molar refractivity (Wildman–Crippen MR) is 78.5 cm³/mol. The molecule has 5 heteroatoms. The Hall–Kier alpha value is -1.04. The van der Waals surface area contributed by atoms with Gasteiger partial charge < -0.3 is 4.74 Å². The van der Waals surface area contributed by atoms with Crippen molar-refractivity contribution in [3.8, 4) is 0 Å². The Kier molecular flexibility index (Phi) is 6.08. The van der Waals surface area contributed by atoms with E-state index in [9.17, 15) is 8.78 Å². The monoisotopic (exact) mass is 298 g/mol. The summed E-state index contributed by atoms with van der Waals surface area (Å²) in [4.78, 5) is 0. The average Bonchev–Trinajstić information content (AvgIpc) is 2.51. The first kappa shape index (κ1) is 16.3. The molecular formula is C16H24F2N2O. The Morgan fingerprint density at radius 3 is 2.38 bits per heavy atom. The van der Waals surface area contributed by atoms with E-state index in [1.54, 1.807) is 7.11 Å². The van der Waals surface area contributed by atoms with E-state index in [0.29, 0.717) is 5.92 Å². The number of methoxy groups -OCH3 is 1. The normalized spacial score (nSPS) is 19.4. The molecule has 21 heavy (non-hydrogen) atoms. The van der Waals surface area contributed by atoms with Crippen LogP contribution in [0.5, 0.6) is 0 Å². The zero-order valence-corrected chi connectivity index (χ0v) is 12.4. The number of benzene rings is 1. The van der Waals surface area contributed by atoms with Crippen LogP contribution in [0.2, 0.25) is 0 Å². The molecular weight excluding hydrogens is 274 g/mol. The lowest BCUT2D eigenvalue weighted by Crippen LogP contribution is -2.50. The van der Waals surface area contributed by atoms with Crippen LogP contribution in [0, 0.1) is 17.6 Å². The third-order valence-electron chi connectivity index (χ3n) is 4.48. The van der Waals surface area contributed by atoms with Crippen LogP contribution in [0.4, 0.5) is 8.78 Å². The summed E-state index contributed by atoms with van der Waals surface area (Å²) >= 11 is 0. The molecule has 1 fully saturated rings. The standard InChI is InChI=1S/C16H24F2N2O/c1-21-16(11-6-3-2-4-7-11)15(20-19)10-12-13(17)8-5-9-14(12)18/h5,8-9,11,15-16,20H,2-4,6-7,10,19H2,1H3. The van der Waals surface area contributed by atoms with E-state index < -0.39 is 11.6 Å². The van der Waals surface area contributed by atoms with Gasteiger partial charge in [-0.05, 0) is 37.3 Å². The Balaban J connectivity index is 2.13. The van der Waals surface area contributed by atoms with Gasteiger partial charge in [-0.1, -0.05) is 25.3 Å². The lowest BCUT2D eigenvalue weighted by molar-refractivity contribution is 0.00791. The molecule has 1 saturated carbocycles. The highest BCUT2D eigenvalue weighted by atomic mass is 19.1. The van der Waals surface area contributed by atoms with Crippen LogP contribution in [0.1, 0.15) is 37.7 Å². The molecule has 0 bridgehead atoms. The maximum Gasteiger partial charge on any atom is 0.129 e. The quantitative estimate of drug-likeness (QED) is 0.627. The molecule has 1 aliphatic rings. The number of hydrazine groups is 1. The lowest BCUT2D eigenvalue weighted by Gasteiger charge is -2.34. The second-order valence-electron chi connectivity index (χ2n) is 5.78. The highest BCUT2D eigenvalue weighted by Crippen LogP contribution is 2.30. The zero-order chi connectivity index (χ0) is 15.2. The van der Waals surface area contributed by atoms with E-state index in [4.69, 9.17) is 10.6 Å². The highest BCUT2D eigenvalue weighted by Gasteiger charge is 2.31. The number of hydrogen-bond acceptors (Lipinski definition) is 3. The first-order valence-corrected chi connectivity index (χ1v) is 7.59. The van der Waals surface area contributed by atoms with Gasteiger partial charge in [-0.3, -0.25) is 11.3 Å². The zero-order valence-electron chi connectivity index (χ0n) is 12.4. The van der Waals surface area contributed by atoms with Crippen molar-refractivity contribution in [1.29, 1.82) is 0 Å². The van der Waals surface area contributed by atoms with Gasteiger partial charge in [0.15, 0.2) is 0 Å². The van der Waals surface area contributed by atoms with E-state index in [1.165, 1.54) is 37.5 Å². The first-order valence-electron chi connectivity index (χ1n) is 7.59. The summed E-state index contributed by atoms with van der Waals surface area (Å²) in [6.07, 6.45) is 5.81. The van der Waals surface area contributed by atoms with Crippen LogP contribution >= 0.6 is 0 Å². The molecule has 2 atom stereocenters. The minimum Gasteiger partial charge on any atom is -0.379 e. The van der Waals surface area contributed by atoms with Gasteiger partial charge in [-0.25, -0.2) is 8.78 Å². The molecule has 0 aliphatic heterocycles. The van der Waals surface area contributed by atoms with Crippen molar-refractivity contribution in [3.05, 3.63) is 35.4 Å².